The Hall–Kier alpha value is -0.850. The molecule has 6 heteroatoms. The number of ether oxygens (including phenoxy) is 1. The molecule has 1 aliphatic rings. The van der Waals surface area contributed by atoms with E-state index >= 15 is 0 Å². The van der Waals surface area contributed by atoms with Crippen LogP contribution in [0, 0.1) is 0 Å². The number of aliphatic hydroxyl groups is 1. The third-order valence-electron chi connectivity index (χ3n) is 3.12. The van der Waals surface area contributed by atoms with Gasteiger partial charge in [0.1, 0.15) is 5.60 Å². The standard InChI is InChI=1S/C14H28N2O3.H2O/c1-10-7-15(9-12(3)17)8-11(2)16(10)13(18)19-14(4,5)6;/h10-12,17H,7-9H2,1-6H3;1H2/t10?,11?,12-;/m1./s1. The molecule has 1 fully saturated rings. The van der Waals surface area contributed by atoms with Gasteiger partial charge in [0.2, 0.25) is 0 Å². The summed E-state index contributed by atoms with van der Waals surface area (Å²) in [6.07, 6.45) is -0.586. The van der Waals surface area contributed by atoms with Crippen molar-refractivity contribution in [2.45, 2.75) is 65.3 Å². The van der Waals surface area contributed by atoms with Gasteiger partial charge in [-0.15, -0.1) is 0 Å². The molecule has 20 heavy (non-hydrogen) atoms. The fourth-order valence-electron chi connectivity index (χ4n) is 2.63. The first-order chi connectivity index (χ1) is 8.60. The van der Waals surface area contributed by atoms with Crippen molar-refractivity contribution in [3.8, 4) is 0 Å². The Balaban J connectivity index is 0.00000361. The number of hydrogen-bond acceptors (Lipinski definition) is 4. The first-order valence-corrected chi connectivity index (χ1v) is 7.02. The second-order valence-electron chi connectivity index (χ2n) is 6.65. The summed E-state index contributed by atoms with van der Waals surface area (Å²) < 4.78 is 5.45. The smallest absolute Gasteiger partial charge is 0.410 e. The number of hydrogen-bond donors (Lipinski definition) is 1. The van der Waals surface area contributed by atoms with Crippen LogP contribution in [0.5, 0.6) is 0 Å². The summed E-state index contributed by atoms with van der Waals surface area (Å²) in [5, 5.41) is 9.46. The second-order valence-corrected chi connectivity index (χ2v) is 6.65. The van der Waals surface area contributed by atoms with Gasteiger partial charge in [-0.2, -0.15) is 0 Å². The number of nitrogens with zero attached hydrogens (tertiary/aromatic N) is 2. The molecule has 1 aliphatic heterocycles. The molecule has 0 saturated carbocycles. The van der Waals surface area contributed by atoms with Crippen LogP contribution in [0.15, 0.2) is 0 Å². The van der Waals surface area contributed by atoms with E-state index in [1.54, 1.807) is 6.92 Å². The zero-order valence-corrected chi connectivity index (χ0v) is 13.5. The van der Waals surface area contributed by atoms with E-state index < -0.39 is 5.60 Å². The van der Waals surface area contributed by atoms with Crippen molar-refractivity contribution in [2.24, 2.45) is 0 Å². The van der Waals surface area contributed by atoms with Gasteiger partial charge in [0, 0.05) is 31.7 Å². The zero-order valence-electron chi connectivity index (χ0n) is 13.5. The molecule has 0 bridgehead atoms. The molecule has 3 atom stereocenters. The summed E-state index contributed by atoms with van der Waals surface area (Å²) >= 11 is 0. The van der Waals surface area contributed by atoms with E-state index in [2.05, 4.69) is 4.90 Å². The van der Waals surface area contributed by atoms with E-state index in [1.165, 1.54) is 0 Å². The summed E-state index contributed by atoms with van der Waals surface area (Å²) in [5.74, 6) is 0. The second kappa shape index (κ2) is 7.24. The van der Waals surface area contributed by atoms with E-state index in [0.717, 1.165) is 13.1 Å². The largest absolute Gasteiger partial charge is 0.444 e. The van der Waals surface area contributed by atoms with E-state index in [9.17, 15) is 9.90 Å². The van der Waals surface area contributed by atoms with Gasteiger partial charge in [-0.05, 0) is 41.5 Å². The first kappa shape index (κ1) is 19.1. The van der Waals surface area contributed by atoms with Crippen LogP contribution in [-0.4, -0.2) is 69.9 Å². The van der Waals surface area contributed by atoms with Crippen molar-refractivity contribution >= 4 is 6.09 Å². The lowest BCUT2D eigenvalue weighted by molar-refractivity contribution is -0.0203. The molecular weight excluding hydrogens is 260 g/mol. The Morgan fingerprint density at radius 1 is 1.30 bits per heavy atom. The fraction of sp³-hybridized carbons (Fsp3) is 0.929. The predicted molar refractivity (Wildman–Crippen MR) is 78.7 cm³/mol. The molecule has 0 aromatic carbocycles. The summed E-state index contributed by atoms with van der Waals surface area (Å²) in [6, 6.07) is 0.190. The van der Waals surface area contributed by atoms with Crippen molar-refractivity contribution in [3.05, 3.63) is 0 Å². The monoisotopic (exact) mass is 290 g/mol. The molecule has 0 radical (unpaired) electrons. The third kappa shape index (κ3) is 5.64. The molecule has 120 valence electrons. The van der Waals surface area contributed by atoms with Crippen LogP contribution in [0.3, 0.4) is 0 Å². The highest BCUT2D eigenvalue weighted by atomic mass is 16.6. The van der Waals surface area contributed by atoms with Crippen molar-refractivity contribution in [1.82, 2.24) is 9.80 Å². The minimum atomic E-state index is -0.465. The summed E-state index contributed by atoms with van der Waals surface area (Å²) in [7, 11) is 0. The van der Waals surface area contributed by atoms with Crippen LogP contribution in [0.25, 0.3) is 0 Å². The topological polar surface area (TPSA) is 84.5 Å². The average molecular weight is 290 g/mol. The summed E-state index contributed by atoms with van der Waals surface area (Å²) in [4.78, 5) is 16.2. The molecule has 2 unspecified atom stereocenters. The van der Waals surface area contributed by atoms with Crippen molar-refractivity contribution in [3.63, 3.8) is 0 Å². The molecule has 6 nitrogen and oxygen atoms in total. The van der Waals surface area contributed by atoms with Crippen LogP contribution >= 0.6 is 0 Å². The number of amides is 1. The van der Waals surface area contributed by atoms with Crippen LogP contribution in [0.4, 0.5) is 4.79 Å². The molecular formula is C14H30N2O4. The fourth-order valence-corrected chi connectivity index (χ4v) is 2.63. The van der Waals surface area contributed by atoms with Gasteiger partial charge in [-0.1, -0.05) is 0 Å². The van der Waals surface area contributed by atoms with Gasteiger partial charge < -0.3 is 20.2 Å². The van der Waals surface area contributed by atoms with Crippen molar-refractivity contribution in [1.29, 1.82) is 0 Å². The Kier molecular flexibility index (Phi) is 6.93. The third-order valence-corrected chi connectivity index (χ3v) is 3.12. The molecule has 0 aromatic rings. The normalized spacial score (nSPS) is 25.9. The first-order valence-electron chi connectivity index (χ1n) is 7.02. The quantitative estimate of drug-likeness (QED) is 0.818. The van der Waals surface area contributed by atoms with E-state index in [-0.39, 0.29) is 29.8 Å². The molecule has 0 spiro atoms. The SMILES string of the molecule is CC1CN(C[C@@H](C)O)CC(C)N1C(=O)OC(C)(C)C.O. The van der Waals surface area contributed by atoms with Crippen molar-refractivity contribution < 1.29 is 20.1 Å². The molecule has 1 rings (SSSR count). The number of carbonyl (C=O) groups is 1. The Bertz CT molecular complexity index is 303. The maximum absolute atomic E-state index is 12.2. The molecule has 0 aliphatic carbocycles. The number of aliphatic hydroxyl groups excluding tert-OH is 1. The van der Waals surface area contributed by atoms with E-state index in [4.69, 9.17) is 4.74 Å². The maximum atomic E-state index is 12.2. The number of rotatable bonds is 2. The van der Waals surface area contributed by atoms with Gasteiger partial charge >= 0.3 is 6.09 Å². The lowest BCUT2D eigenvalue weighted by atomic mass is 10.1. The van der Waals surface area contributed by atoms with Gasteiger partial charge in [0.25, 0.3) is 0 Å². The van der Waals surface area contributed by atoms with Crippen LogP contribution < -0.4 is 0 Å². The zero-order chi connectivity index (χ0) is 14.8. The Labute approximate surface area is 122 Å². The van der Waals surface area contributed by atoms with E-state index in [1.807, 2.05) is 39.5 Å². The van der Waals surface area contributed by atoms with Crippen LogP contribution in [-0.2, 0) is 4.74 Å². The lowest BCUT2D eigenvalue weighted by Gasteiger charge is -2.44. The molecule has 1 amide bonds. The van der Waals surface area contributed by atoms with Gasteiger partial charge in [-0.25, -0.2) is 4.79 Å². The Morgan fingerprint density at radius 3 is 2.10 bits per heavy atom. The van der Waals surface area contributed by atoms with Crippen LogP contribution in [0.1, 0.15) is 41.5 Å². The number of piperazine rings is 1. The highest BCUT2D eigenvalue weighted by molar-refractivity contribution is 5.69. The van der Waals surface area contributed by atoms with E-state index in [0.29, 0.717) is 6.54 Å². The minimum absolute atomic E-state index is 0. The minimum Gasteiger partial charge on any atom is -0.444 e. The summed E-state index contributed by atoms with van der Waals surface area (Å²) in [5.41, 5.74) is -0.465. The average Bonchev–Trinajstić information content (AvgIpc) is 2.10. The molecule has 1 heterocycles. The number of carbonyl (C=O) groups excluding carboxylic acids is 1. The highest BCUT2D eigenvalue weighted by Gasteiger charge is 2.35. The highest BCUT2D eigenvalue weighted by Crippen LogP contribution is 2.19. The summed E-state index contributed by atoms with van der Waals surface area (Å²) in [6.45, 7) is 13.7. The lowest BCUT2D eigenvalue weighted by Crippen LogP contribution is -2.60. The predicted octanol–water partition coefficient (Wildman–Crippen LogP) is 0.872. The van der Waals surface area contributed by atoms with Gasteiger partial charge in [-0.3, -0.25) is 4.90 Å². The molecule has 1 saturated heterocycles. The van der Waals surface area contributed by atoms with Crippen molar-refractivity contribution in [2.75, 3.05) is 19.6 Å². The molecule has 3 N–H and O–H groups in total. The number of β-amino-alcohol motifs (C(OH)–C–C–N with tert-alkyl or cyclic N) is 1. The molecule has 0 aromatic heterocycles. The Morgan fingerprint density at radius 2 is 1.75 bits per heavy atom. The van der Waals surface area contributed by atoms with Gasteiger partial charge in [0.15, 0.2) is 0 Å². The van der Waals surface area contributed by atoms with Gasteiger partial charge in [0.05, 0.1) is 6.10 Å². The van der Waals surface area contributed by atoms with Crippen LogP contribution in [0.2, 0.25) is 0 Å². The maximum Gasteiger partial charge on any atom is 0.410 e.